The number of nitrogens with two attached hydrogens (primary N) is 1. The number of urea groups is 1. The Balaban J connectivity index is 1.15. The molecule has 0 radical (unpaired) electrons. The molecule has 2 saturated heterocycles. The third-order valence-corrected chi connectivity index (χ3v) is 8.77. The van der Waals surface area contributed by atoms with E-state index in [9.17, 15) is 9.59 Å². The molecule has 2 aliphatic heterocycles. The Morgan fingerprint density at radius 2 is 1.58 bits per heavy atom. The van der Waals surface area contributed by atoms with E-state index in [1.807, 2.05) is 69.0 Å². The zero-order valence-electron chi connectivity index (χ0n) is 24.9. The number of fused-ring (bicyclic) bond motifs is 1. The molecule has 10 nitrogen and oxygen atoms in total. The number of carbonyl (C=O) groups excluding carboxylic acids is 2. The molecule has 226 valence electrons. The Labute approximate surface area is 261 Å². The summed E-state index contributed by atoms with van der Waals surface area (Å²) in [4.78, 5) is 45.0. The zero-order chi connectivity index (χ0) is 30.9. The molecule has 2 fully saturated rings. The molecule has 0 unspecified atom stereocenters. The minimum atomic E-state index is -0.0843. The maximum absolute atomic E-state index is 13.3. The van der Waals surface area contributed by atoms with E-state index in [-0.39, 0.29) is 17.9 Å². The van der Waals surface area contributed by atoms with Crippen LogP contribution in [0.2, 0.25) is 0 Å². The lowest BCUT2D eigenvalue weighted by atomic mass is 9.98. The number of benzene rings is 2. The second-order valence-corrected chi connectivity index (χ2v) is 11.4. The molecule has 1 atom stereocenters. The van der Waals surface area contributed by atoms with Crippen molar-refractivity contribution in [1.29, 1.82) is 0 Å². The smallest absolute Gasteiger partial charge is 0.320 e. The SMILES string of the molecule is C=CC(=O)N1CCN(C(=O)N2CC[C@@H](c3ccc(-n4c(-c5cccnc5N)nc5ccc(-c6ccccc6)nc54)cc3)C2)CC1. The summed E-state index contributed by atoms with van der Waals surface area (Å²) in [6.07, 6.45) is 3.90. The van der Waals surface area contributed by atoms with Gasteiger partial charge in [0.2, 0.25) is 5.91 Å². The largest absolute Gasteiger partial charge is 0.383 e. The molecule has 0 spiro atoms. The van der Waals surface area contributed by atoms with Crippen LogP contribution in [0.25, 0.3) is 39.5 Å². The van der Waals surface area contributed by atoms with Gasteiger partial charge in [0.25, 0.3) is 0 Å². The van der Waals surface area contributed by atoms with Crippen LogP contribution in [0.4, 0.5) is 10.6 Å². The third kappa shape index (κ3) is 5.39. The number of anilines is 1. The number of aromatic nitrogens is 4. The number of imidazole rings is 1. The number of pyridine rings is 2. The van der Waals surface area contributed by atoms with Crippen molar-refractivity contribution < 1.29 is 9.59 Å². The fourth-order valence-electron chi connectivity index (χ4n) is 6.31. The van der Waals surface area contributed by atoms with Gasteiger partial charge >= 0.3 is 6.03 Å². The molecule has 45 heavy (non-hydrogen) atoms. The summed E-state index contributed by atoms with van der Waals surface area (Å²) in [6.45, 7) is 7.08. The topological polar surface area (TPSA) is 113 Å². The monoisotopic (exact) mass is 598 g/mol. The quantitative estimate of drug-likeness (QED) is 0.286. The summed E-state index contributed by atoms with van der Waals surface area (Å²) in [7, 11) is 0. The number of hydrogen-bond acceptors (Lipinski definition) is 6. The molecule has 2 aromatic carbocycles. The molecule has 0 bridgehead atoms. The van der Waals surface area contributed by atoms with E-state index >= 15 is 0 Å². The van der Waals surface area contributed by atoms with Crippen molar-refractivity contribution in [3.8, 4) is 28.3 Å². The summed E-state index contributed by atoms with van der Waals surface area (Å²) >= 11 is 0. The summed E-state index contributed by atoms with van der Waals surface area (Å²) < 4.78 is 2.04. The number of nitrogens with zero attached hydrogens (tertiary/aromatic N) is 7. The lowest BCUT2D eigenvalue weighted by molar-refractivity contribution is -0.127. The molecule has 0 aliphatic carbocycles. The number of carbonyl (C=O) groups is 2. The van der Waals surface area contributed by atoms with Crippen LogP contribution in [0.3, 0.4) is 0 Å². The first-order valence-corrected chi connectivity index (χ1v) is 15.2. The van der Waals surface area contributed by atoms with Crippen LogP contribution in [-0.2, 0) is 4.79 Å². The second kappa shape index (κ2) is 11.9. The van der Waals surface area contributed by atoms with Gasteiger partial charge in [-0.05, 0) is 54.5 Å². The molecule has 3 amide bonds. The van der Waals surface area contributed by atoms with Crippen molar-refractivity contribution in [2.45, 2.75) is 12.3 Å². The van der Waals surface area contributed by atoms with E-state index in [0.29, 0.717) is 50.9 Å². The molecular weight excluding hydrogens is 564 g/mol. The molecule has 5 heterocycles. The standard InChI is InChI=1S/C35H34N8O2/c1-2-31(44)40-19-21-41(22-20-40)35(45)42-18-16-26(23-42)24-10-12-27(13-11-24)43-33(28-9-6-17-37-32(28)36)39-30-15-14-29(38-34(30)43)25-7-4-3-5-8-25/h2-15,17,26H,1,16,18-23H2,(H2,36,37)/t26-/m1/s1. The molecule has 0 saturated carbocycles. The highest BCUT2D eigenvalue weighted by atomic mass is 16.2. The van der Waals surface area contributed by atoms with Gasteiger partial charge in [-0.15, -0.1) is 0 Å². The summed E-state index contributed by atoms with van der Waals surface area (Å²) in [5.41, 5.74) is 12.5. The maximum Gasteiger partial charge on any atom is 0.320 e. The lowest BCUT2D eigenvalue weighted by Gasteiger charge is -2.36. The van der Waals surface area contributed by atoms with Crippen molar-refractivity contribution >= 4 is 28.9 Å². The molecule has 10 heteroatoms. The van der Waals surface area contributed by atoms with Crippen LogP contribution in [0.15, 0.2) is 97.7 Å². The Morgan fingerprint density at radius 1 is 0.822 bits per heavy atom. The Bertz CT molecular complexity index is 1880. The highest BCUT2D eigenvalue weighted by Crippen LogP contribution is 2.33. The second-order valence-electron chi connectivity index (χ2n) is 11.4. The van der Waals surface area contributed by atoms with E-state index < -0.39 is 0 Å². The number of rotatable bonds is 5. The minimum absolute atomic E-state index is 0.0451. The Kier molecular flexibility index (Phi) is 7.46. The average molecular weight is 599 g/mol. The van der Waals surface area contributed by atoms with Gasteiger partial charge in [-0.1, -0.05) is 49.0 Å². The number of piperazine rings is 1. The van der Waals surface area contributed by atoms with Crippen LogP contribution in [0, 0.1) is 0 Å². The molecular formula is C35H34N8O2. The summed E-state index contributed by atoms with van der Waals surface area (Å²) in [5, 5.41) is 0. The normalized spacial score (nSPS) is 16.7. The van der Waals surface area contributed by atoms with Crippen LogP contribution < -0.4 is 5.73 Å². The predicted octanol–water partition coefficient (Wildman–Crippen LogP) is 4.97. The van der Waals surface area contributed by atoms with E-state index in [4.69, 9.17) is 15.7 Å². The maximum atomic E-state index is 13.3. The van der Waals surface area contributed by atoms with Crippen LogP contribution in [0.5, 0.6) is 0 Å². The van der Waals surface area contributed by atoms with Gasteiger partial charge < -0.3 is 20.4 Å². The number of nitrogen functional groups attached to an aromatic ring is 1. The van der Waals surface area contributed by atoms with Crippen LogP contribution in [0.1, 0.15) is 17.9 Å². The van der Waals surface area contributed by atoms with Gasteiger partial charge in [-0.3, -0.25) is 9.36 Å². The van der Waals surface area contributed by atoms with Gasteiger partial charge in [-0.2, -0.15) is 0 Å². The first-order chi connectivity index (χ1) is 22.0. The summed E-state index contributed by atoms with van der Waals surface area (Å²) in [6, 6.07) is 26.3. The predicted molar refractivity (Wildman–Crippen MR) is 175 cm³/mol. The van der Waals surface area contributed by atoms with E-state index in [0.717, 1.165) is 40.1 Å². The fourth-order valence-corrected chi connectivity index (χ4v) is 6.31. The number of likely N-dealkylation sites (tertiary alicyclic amines) is 1. The highest BCUT2D eigenvalue weighted by molar-refractivity contribution is 5.87. The average Bonchev–Trinajstić information content (AvgIpc) is 3.74. The molecule has 5 aromatic rings. The molecule has 3 aromatic heterocycles. The van der Waals surface area contributed by atoms with Crippen molar-refractivity contribution in [3.05, 3.63) is 103 Å². The van der Waals surface area contributed by atoms with Gasteiger partial charge in [-0.25, -0.2) is 19.7 Å². The third-order valence-electron chi connectivity index (χ3n) is 8.77. The minimum Gasteiger partial charge on any atom is -0.383 e. The molecule has 7 rings (SSSR count). The molecule has 2 aliphatic rings. The lowest BCUT2D eigenvalue weighted by Crippen LogP contribution is -2.53. The van der Waals surface area contributed by atoms with Gasteiger partial charge in [0.05, 0.1) is 11.3 Å². The molecule has 2 N–H and O–H groups in total. The zero-order valence-corrected chi connectivity index (χ0v) is 24.9. The fraction of sp³-hybridized carbons (Fsp3) is 0.229. The van der Waals surface area contributed by atoms with E-state index in [1.165, 1.54) is 11.6 Å². The number of hydrogen-bond donors (Lipinski definition) is 1. The number of amides is 3. The van der Waals surface area contributed by atoms with Gasteiger partial charge in [0, 0.05) is 62.6 Å². The van der Waals surface area contributed by atoms with Crippen molar-refractivity contribution in [1.82, 2.24) is 34.2 Å². The first-order valence-electron chi connectivity index (χ1n) is 15.2. The van der Waals surface area contributed by atoms with Crippen molar-refractivity contribution in [2.75, 3.05) is 45.0 Å². The Hall–Kier alpha value is -5.51. The van der Waals surface area contributed by atoms with E-state index in [1.54, 1.807) is 11.1 Å². The summed E-state index contributed by atoms with van der Waals surface area (Å²) in [5.74, 6) is 1.23. The first kappa shape index (κ1) is 28.3. The van der Waals surface area contributed by atoms with Crippen LogP contribution >= 0.6 is 0 Å². The van der Waals surface area contributed by atoms with Crippen LogP contribution in [-0.4, -0.2) is 85.4 Å². The van der Waals surface area contributed by atoms with Gasteiger partial charge in [0.15, 0.2) is 11.5 Å². The van der Waals surface area contributed by atoms with Crippen molar-refractivity contribution in [2.24, 2.45) is 0 Å². The Morgan fingerprint density at radius 3 is 2.31 bits per heavy atom. The van der Waals surface area contributed by atoms with E-state index in [2.05, 4.69) is 35.8 Å². The van der Waals surface area contributed by atoms with Crippen molar-refractivity contribution in [3.63, 3.8) is 0 Å². The van der Waals surface area contributed by atoms with Gasteiger partial charge in [0.1, 0.15) is 11.3 Å². The highest BCUT2D eigenvalue weighted by Gasteiger charge is 2.32.